The van der Waals surface area contributed by atoms with Gasteiger partial charge in [-0.2, -0.15) is 0 Å². The molecule has 0 N–H and O–H groups in total. The maximum absolute atomic E-state index is 11.8. The number of methoxy groups -OCH3 is 2. The quantitative estimate of drug-likeness (QED) is 0.780. The average Bonchev–Trinajstić information content (AvgIpc) is 2.73. The first kappa shape index (κ1) is 16.7. The van der Waals surface area contributed by atoms with Crippen LogP contribution >= 0.6 is 0 Å². The van der Waals surface area contributed by atoms with Crippen LogP contribution in [0.4, 0.5) is 0 Å². The Kier molecular flexibility index (Phi) is 4.99. The van der Waals surface area contributed by atoms with Crippen LogP contribution in [0.5, 0.6) is 11.5 Å². The van der Waals surface area contributed by atoms with Gasteiger partial charge in [-0.15, -0.1) is 0 Å². The van der Waals surface area contributed by atoms with Crippen LogP contribution in [0.3, 0.4) is 0 Å². The van der Waals surface area contributed by atoms with Crippen molar-refractivity contribution in [2.75, 3.05) is 14.2 Å². The lowest BCUT2D eigenvalue weighted by atomic mass is 9.87. The van der Waals surface area contributed by atoms with Crippen molar-refractivity contribution in [3.05, 3.63) is 23.3 Å². The molecule has 1 heterocycles. The molecule has 22 heavy (non-hydrogen) atoms. The molecule has 1 fully saturated rings. The van der Waals surface area contributed by atoms with E-state index in [9.17, 15) is 4.79 Å². The highest BCUT2D eigenvalue weighted by atomic mass is 16.6. The second-order valence-electron chi connectivity index (χ2n) is 6.36. The fourth-order valence-electron chi connectivity index (χ4n) is 3.15. The van der Waals surface area contributed by atoms with Crippen LogP contribution < -0.4 is 9.47 Å². The van der Waals surface area contributed by atoms with E-state index in [0.29, 0.717) is 12.3 Å². The smallest absolute Gasteiger partial charge is 0.309 e. The third kappa shape index (κ3) is 2.92. The largest absolute Gasteiger partial charge is 0.493 e. The first-order chi connectivity index (χ1) is 10.4. The van der Waals surface area contributed by atoms with Crippen molar-refractivity contribution in [2.45, 2.75) is 46.1 Å². The maximum Gasteiger partial charge on any atom is 0.309 e. The molecular formula is C18H26O4. The molecule has 1 aromatic rings. The van der Waals surface area contributed by atoms with E-state index in [1.54, 1.807) is 14.2 Å². The molecule has 4 nitrogen and oxygen atoms in total. The van der Waals surface area contributed by atoms with Gasteiger partial charge in [0.15, 0.2) is 11.5 Å². The number of benzene rings is 1. The zero-order chi connectivity index (χ0) is 16.4. The second-order valence-corrected chi connectivity index (χ2v) is 6.36. The van der Waals surface area contributed by atoms with Crippen LogP contribution in [0, 0.1) is 11.8 Å². The zero-order valence-corrected chi connectivity index (χ0v) is 14.3. The average molecular weight is 306 g/mol. The Hall–Kier alpha value is -1.71. The van der Waals surface area contributed by atoms with Gasteiger partial charge < -0.3 is 14.2 Å². The van der Waals surface area contributed by atoms with E-state index >= 15 is 0 Å². The van der Waals surface area contributed by atoms with Crippen molar-refractivity contribution in [3.8, 4) is 11.5 Å². The molecule has 2 rings (SSSR count). The summed E-state index contributed by atoms with van der Waals surface area (Å²) in [5, 5.41) is 0. The Morgan fingerprint density at radius 1 is 1.18 bits per heavy atom. The van der Waals surface area contributed by atoms with Gasteiger partial charge in [-0.1, -0.05) is 33.8 Å². The van der Waals surface area contributed by atoms with Crippen molar-refractivity contribution in [1.82, 2.24) is 0 Å². The number of hydrogen-bond donors (Lipinski definition) is 0. The van der Waals surface area contributed by atoms with E-state index in [2.05, 4.69) is 26.8 Å². The topological polar surface area (TPSA) is 44.8 Å². The monoisotopic (exact) mass is 306 g/mol. The summed E-state index contributed by atoms with van der Waals surface area (Å²) in [7, 11) is 3.30. The molecule has 0 saturated carbocycles. The summed E-state index contributed by atoms with van der Waals surface area (Å²) in [6.07, 6.45) is 0.642. The van der Waals surface area contributed by atoms with E-state index in [1.165, 1.54) is 0 Å². The fraction of sp³-hybridized carbons (Fsp3) is 0.611. The van der Waals surface area contributed by atoms with Crippen LogP contribution in [0.15, 0.2) is 12.1 Å². The van der Waals surface area contributed by atoms with E-state index < -0.39 is 0 Å². The minimum atomic E-state index is -0.0935. The van der Waals surface area contributed by atoms with Gasteiger partial charge in [-0.25, -0.2) is 0 Å². The zero-order valence-electron chi connectivity index (χ0n) is 14.3. The van der Waals surface area contributed by atoms with Gasteiger partial charge in [0, 0.05) is 17.9 Å². The molecule has 3 atom stereocenters. The number of cyclic esters (lactones) is 1. The maximum atomic E-state index is 11.8. The molecule has 4 heteroatoms. The summed E-state index contributed by atoms with van der Waals surface area (Å²) in [6, 6.07) is 3.98. The summed E-state index contributed by atoms with van der Waals surface area (Å²) in [4.78, 5) is 11.8. The lowest BCUT2D eigenvalue weighted by Gasteiger charge is -2.22. The highest BCUT2D eigenvalue weighted by Crippen LogP contribution is 2.40. The molecule has 1 aliphatic heterocycles. The van der Waals surface area contributed by atoms with Crippen molar-refractivity contribution >= 4 is 5.97 Å². The number of ether oxygens (including phenoxy) is 3. The van der Waals surface area contributed by atoms with Gasteiger partial charge >= 0.3 is 5.97 Å². The number of hydrogen-bond acceptors (Lipinski definition) is 4. The minimum Gasteiger partial charge on any atom is -0.493 e. The Morgan fingerprint density at radius 2 is 1.86 bits per heavy atom. The molecule has 1 aromatic carbocycles. The van der Waals surface area contributed by atoms with Crippen LogP contribution in [0.2, 0.25) is 0 Å². The van der Waals surface area contributed by atoms with Crippen LogP contribution in [0.25, 0.3) is 0 Å². The third-order valence-corrected chi connectivity index (χ3v) is 4.69. The van der Waals surface area contributed by atoms with Crippen LogP contribution in [-0.2, 0) is 16.0 Å². The first-order valence-corrected chi connectivity index (χ1v) is 7.84. The van der Waals surface area contributed by atoms with Gasteiger partial charge in [0.1, 0.15) is 6.10 Å². The van der Waals surface area contributed by atoms with Crippen molar-refractivity contribution < 1.29 is 19.0 Å². The molecule has 0 radical (unpaired) electrons. The predicted octanol–water partition coefficient (Wildman–Crippen LogP) is 3.57. The predicted molar refractivity (Wildman–Crippen MR) is 85.5 cm³/mol. The molecule has 0 spiro atoms. The summed E-state index contributed by atoms with van der Waals surface area (Å²) in [5.41, 5.74) is 2.29. The van der Waals surface area contributed by atoms with Crippen LogP contribution in [-0.4, -0.2) is 26.3 Å². The second kappa shape index (κ2) is 6.59. The standard InChI is InChI=1S/C18H26O4/c1-10(2)16-13(7-8-14(20-5)17(16)21-6)9-15-11(3)12(4)18(19)22-15/h7-8,10-12,15H,9H2,1-6H3. The lowest BCUT2D eigenvalue weighted by Crippen LogP contribution is -2.20. The molecule has 0 aliphatic carbocycles. The molecule has 3 unspecified atom stereocenters. The molecule has 0 bridgehead atoms. The normalized spacial score (nSPS) is 24.5. The Balaban J connectivity index is 2.37. The third-order valence-electron chi connectivity index (χ3n) is 4.69. The minimum absolute atomic E-state index is 0.0346. The van der Waals surface area contributed by atoms with Crippen molar-refractivity contribution in [2.24, 2.45) is 11.8 Å². The lowest BCUT2D eigenvalue weighted by molar-refractivity contribution is -0.143. The van der Waals surface area contributed by atoms with Crippen LogP contribution in [0.1, 0.15) is 44.7 Å². The highest BCUT2D eigenvalue weighted by molar-refractivity contribution is 5.74. The summed E-state index contributed by atoms with van der Waals surface area (Å²) in [6.45, 7) is 8.28. The molecule has 1 aliphatic rings. The molecule has 122 valence electrons. The van der Waals surface area contributed by atoms with Crippen molar-refractivity contribution in [1.29, 1.82) is 0 Å². The van der Waals surface area contributed by atoms with Gasteiger partial charge in [-0.3, -0.25) is 4.79 Å². The molecular weight excluding hydrogens is 280 g/mol. The van der Waals surface area contributed by atoms with E-state index in [0.717, 1.165) is 22.6 Å². The molecule has 0 aromatic heterocycles. The Bertz CT molecular complexity index is 550. The number of carbonyl (C=O) groups excluding carboxylic acids is 1. The van der Waals surface area contributed by atoms with Crippen molar-refractivity contribution in [3.63, 3.8) is 0 Å². The van der Waals surface area contributed by atoms with E-state index in [1.807, 2.05) is 13.0 Å². The van der Waals surface area contributed by atoms with E-state index in [-0.39, 0.29) is 23.9 Å². The highest BCUT2D eigenvalue weighted by Gasteiger charge is 2.39. The SMILES string of the molecule is COc1ccc(CC2OC(=O)C(C)C2C)c(C(C)C)c1OC. The number of rotatable bonds is 5. The molecule has 0 amide bonds. The summed E-state index contributed by atoms with van der Waals surface area (Å²) in [5.74, 6) is 1.90. The number of esters is 1. The summed E-state index contributed by atoms with van der Waals surface area (Å²) >= 11 is 0. The summed E-state index contributed by atoms with van der Waals surface area (Å²) < 4.78 is 16.5. The van der Waals surface area contributed by atoms with Gasteiger partial charge in [0.05, 0.1) is 20.1 Å². The fourth-order valence-corrected chi connectivity index (χ4v) is 3.15. The number of carbonyl (C=O) groups is 1. The Labute approximate surface area is 132 Å². The Morgan fingerprint density at radius 3 is 2.32 bits per heavy atom. The van der Waals surface area contributed by atoms with Gasteiger partial charge in [0.25, 0.3) is 0 Å². The van der Waals surface area contributed by atoms with Gasteiger partial charge in [0.2, 0.25) is 0 Å². The van der Waals surface area contributed by atoms with E-state index in [4.69, 9.17) is 14.2 Å². The molecule has 1 saturated heterocycles. The van der Waals surface area contributed by atoms with Gasteiger partial charge in [-0.05, 0) is 17.5 Å². The first-order valence-electron chi connectivity index (χ1n) is 7.84.